The molecule has 128 valence electrons. The molecule has 1 saturated carbocycles. The van der Waals surface area contributed by atoms with Gasteiger partial charge in [0.05, 0.1) is 14.2 Å². The molecule has 2 atom stereocenters. The fourth-order valence-corrected chi connectivity index (χ4v) is 5.34. The van der Waals surface area contributed by atoms with Crippen molar-refractivity contribution < 1.29 is 9.47 Å². The Kier molecular flexibility index (Phi) is 4.12. The van der Waals surface area contributed by atoms with E-state index in [1.807, 2.05) is 0 Å². The minimum Gasteiger partial charge on any atom is -0.496 e. The summed E-state index contributed by atoms with van der Waals surface area (Å²) in [4.78, 5) is 2.68. The Morgan fingerprint density at radius 1 is 1.13 bits per heavy atom. The van der Waals surface area contributed by atoms with Crippen molar-refractivity contribution in [2.45, 2.75) is 59.5 Å². The summed E-state index contributed by atoms with van der Waals surface area (Å²) in [6.07, 6.45) is 3.99. The third-order valence-corrected chi connectivity index (χ3v) is 5.76. The van der Waals surface area contributed by atoms with E-state index >= 15 is 0 Å². The molecule has 1 aliphatic carbocycles. The second-order valence-electron chi connectivity index (χ2n) is 8.70. The average molecular weight is 317 g/mol. The maximum Gasteiger partial charge on any atom is 0.129 e. The molecule has 1 saturated heterocycles. The van der Waals surface area contributed by atoms with E-state index in [4.69, 9.17) is 9.47 Å². The van der Waals surface area contributed by atoms with Crippen molar-refractivity contribution in [3.8, 4) is 11.5 Å². The van der Waals surface area contributed by atoms with Crippen molar-refractivity contribution in [1.29, 1.82) is 0 Å². The molecule has 1 aromatic rings. The van der Waals surface area contributed by atoms with Gasteiger partial charge in [-0.25, -0.2) is 0 Å². The lowest BCUT2D eigenvalue weighted by Crippen LogP contribution is -2.34. The van der Waals surface area contributed by atoms with Crippen molar-refractivity contribution in [3.63, 3.8) is 0 Å². The summed E-state index contributed by atoms with van der Waals surface area (Å²) in [7, 11) is 3.48. The Morgan fingerprint density at radius 2 is 1.87 bits per heavy atom. The highest BCUT2D eigenvalue weighted by molar-refractivity contribution is 5.49. The molecule has 2 fully saturated rings. The fraction of sp³-hybridized carbons (Fsp3) is 0.700. The second-order valence-corrected chi connectivity index (χ2v) is 8.70. The number of ether oxygens (including phenoxy) is 2. The van der Waals surface area contributed by atoms with Gasteiger partial charge >= 0.3 is 0 Å². The average Bonchev–Trinajstić information content (AvgIpc) is 2.68. The summed E-state index contributed by atoms with van der Waals surface area (Å²) in [6, 6.07) is 4.94. The van der Waals surface area contributed by atoms with Gasteiger partial charge in [-0.3, -0.25) is 4.90 Å². The summed E-state index contributed by atoms with van der Waals surface area (Å²) in [6.45, 7) is 11.6. The van der Waals surface area contributed by atoms with Gasteiger partial charge in [0, 0.05) is 30.3 Å². The zero-order chi connectivity index (χ0) is 16.8. The van der Waals surface area contributed by atoms with Crippen LogP contribution in [0.4, 0.5) is 0 Å². The lowest BCUT2D eigenvalue weighted by molar-refractivity contribution is 0.126. The first kappa shape index (κ1) is 16.6. The minimum absolute atomic E-state index is 0.465. The van der Waals surface area contributed by atoms with Crippen LogP contribution in [0.2, 0.25) is 0 Å². The number of methoxy groups -OCH3 is 2. The molecule has 0 spiro atoms. The first-order valence-electron chi connectivity index (χ1n) is 8.71. The molecule has 1 aromatic carbocycles. The van der Waals surface area contributed by atoms with Gasteiger partial charge in [0.15, 0.2) is 0 Å². The number of hydrogen-bond donors (Lipinski definition) is 0. The van der Waals surface area contributed by atoms with Crippen molar-refractivity contribution in [3.05, 3.63) is 23.3 Å². The van der Waals surface area contributed by atoms with E-state index in [-0.39, 0.29) is 0 Å². The van der Waals surface area contributed by atoms with Crippen LogP contribution in [0.5, 0.6) is 11.5 Å². The summed E-state index contributed by atoms with van der Waals surface area (Å²) in [5, 5.41) is 0. The Bertz CT molecular complexity index is 596. The first-order chi connectivity index (χ1) is 10.8. The highest BCUT2D eigenvalue weighted by Gasteiger charge is 2.49. The summed E-state index contributed by atoms with van der Waals surface area (Å²) >= 11 is 0. The van der Waals surface area contributed by atoms with Gasteiger partial charge in [0.1, 0.15) is 11.5 Å². The first-order valence-corrected chi connectivity index (χ1v) is 8.71. The molecule has 0 amide bonds. The lowest BCUT2D eigenvalue weighted by atomic mass is 9.65. The SMILES string of the molecule is COc1ccc(CN2CC3(C)CC2CC(C)(C)C3)c(OC)c1C. The van der Waals surface area contributed by atoms with Gasteiger partial charge < -0.3 is 9.47 Å². The van der Waals surface area contributed by atoms with E-state index in [0.717, 1.165) is 23.6 Å². The smallest absolute Gasteiger partial charge is 0.129 e. The van der Waals surface area contributed by atoms with Crippen molar-refractivity contribution in [2.24, 2.45) is 10.8 Å². The highest BCUT2D eigenvalue weighted by atomic mass is 16.5. The molecule has 0 N–H and O–H groups in total. The number of likely N-dealkylation sites (tertiary alicyclic amines) is 1. The molecule has 0 radical (unpaired) electrons. The van der Waals surface area contributed by atoms with E-state index in [1.54, 1.807) is 14.2 Å². The molecule has 3 rings (SSSR count). The van der Waals surface area contributed by atoms with Gasteiger partial charge in [0.25, 0.3) is 0 Å². The predicted octanol–water partition coefficient (Wildman–Crippen LogP) is 4.41. The van der Waals surface area contributed by atoms with Crippen LogP contribution >= 0.6 is 0 Å². The molecular weight excluding hydrogens is 286 g/mol. The maximum absolute atomic E-state index is 5.70. The molecule has 2 bridgehead atoms. The maximum atomic E-state index is 5.70. The third kappa shape index (κ3) is 3.08. The van der Waals surface area contributed by atoms with Gasteiger partial charge in [-0.05, 0) is 43.1 Å². The Morgan fingerprint density at radius 3 is 2.52 bits per heavy atom. The number of rotatable bonds is 4. The molecule has 23 heavy (non-hydrogen) atoms. The second kappa shape index (κ2) is 5.70. The molecule has 3 nitrogen and oxygen atoms in total. The van der Waals surface area contributed by atoms with E-state index in [2.05, 4.69) is 44.7 Å². The fourth-order valence-electron chi connectivity index (χ4n) is 5.34. The molecule has 2 unspecified atom stereocenters. The van der Waals surface area contributed by atoms with Gasteiger partial charge in [-0.15, -0.1) is 0 Å². The topological polar surface area (TPSA) is 21.7 Å². The van der Waals surface area contributed by atoms with Crippen LogP contribution in [-0.2, 0) is 6.54 Å². The van der Waals surface area contributed by atoms with Crippen LogP contribution in [0.15, 0.2) is 12.1 Å². The molecule has 2 aliphatic rings. The van der Waals surface area contributed by atoms with Crippen molar-refractivity contribution in [1.82, 2.24) is 4.90 Å². The standard InChI is InChI=1S/C20H31NO2/c1-14-17(22-5)8-7-15(18(14)23-6)11-21-13-20(4)10-16(21)9-19(2,3)12-20/h7-8,16H,9-13H2,1-6H3. The number of benzene rings is 1. The summed E-state index contributed by atoms with van der Waals surface area (Å²) in [5.74, 6) is 1.88. The normalized spacial score (nSPS) is 29.6. The molecule has 1 heterocycles. The van der Waals surface area contributed by atoms with Crippen LogP contribution in [-0.4, -0.2) is 31.7 Å². The minimum atomic E-state index is 0.465. The quantitative estimate of drug-likeness (QED) is 0.821. The molecule has 1 aliphatic heterocycles. The van der Waals surface area contributed by atoms with Crippen molar-refractivity contribution >= 4 is 0 Å². The number of fused-ring (bicyclic) bond motifs is 2. The van der Waals surface area contributed by atoms with Crippen LogP contribution < -0.4 is 9.47 Å². The van der Waals surface area contributed by atoms with Gasteiger partial charge in [-0.2, -0.15) is 0 Å². The highest BCUT2D eigenvalue weighted by Crippen LogP contribution is 2.53. The lowest BCUT2D eigenvalue weighted by Gasteiger charge is -2.40. The van der Waals surface area contributed by atoms with Crippen LogP contribution in [0.25, 0.3) is 0 Å². The molecule has 0 aromatic heterocycles. The van der Waals surface area contributed by atoms with E-state index < -0.39 is 0 Å². The Balaban J connectivity index is 1.85. The summed E-state index contributed by atoms with van der Waals surface area (Å²) in [5.41, 5.74) is 3.31. The van der Waals surface area contributed by atoms with Crippen LogP contribution in [0, 0.1) is 17.8 Å². The number of hydrogen-bond acceptors (Lipinski definition) is 3. The van der Waals surface area contributed by atoms with Gasteiger partial charge in [-0.1, -0.05) is 26.8 Å². The Hall–Kier alpha value is -1.22. The number of nitrogens with zero attached hydrogens (tertiary/aromatic N) is 1. The van der Waals surface area contributed by atoms with Crippen LogP contribution in [0.3, 0.4) is 0 Å². The van der Waals surface area contributed by atoms with Gasteiger partial charge in [0.2, 0.25) is 0 Å². The Labute approximate surface area is 141 Å². The largest absolute Gasteiger partial charge is 0.496 e. The van der Waals surface area contributed by atoms with E-state index in [1.165, 1.54) is 31.4 Å². The van der Waals surface area contributed by atoms with Crippen molar-refractivity contribution in [2.75, 3.05) is 20.8 Å². The zero-order valence-corrected chi connectivity index (χ0v) is 15.5. The third-order valence-electron chi connectivity index (χ3n) is 5.76. The van der Waals surface area contributed by atoms with Crippen LogP contribution in [0.1, 0.15) is 51.2 Å². The van der Waals surface area contributed by atoms with E-state index in [0.29, 0.717) is 16.9 Å². The molecular formula is C20H31NO2. The zero-order valence-electron chi connectivity index (χ0n) is 15.5. The molecule has 3 heteroatoms. The predicted molar refractivity (Wildman–Crippen MR) is 94.2 cm³/mol. The summed E-state index contributed by atoms with van der Waals surface area (Å²) < 4.78 is 11.1. The monoisotopic (exact) mass is 317 g/mol. The van der Waals surface area contributed by atoms with E-state index in [9.17, 15) is 0 Å².